The molecule has 4 heteroatoms. The van der Waals surface area contributed by atoms with Gasteiger partial charge in [-0.3, -0.25) is 0 Å². The Morgan fingerprint density at radius 3 is 2.14 bits per heavy atom. The van der Waals surface area contributed by atoms with E-state index in [0.29, 0.717) is 26.4 Å². The molecule has 0 bridgehead atoms. The average molecular weight is 306 g/mol. The van der Waals surface area contributed by atoms with Crippen LogP contribution in [0.2, 0.25) is 19.6 Å². The maximum absolute atomic E-state index is 5.61. The molecule has 0 fully saturated rings. The maximum Gasteiger partial charge on any atom is 0.129 e. The van der Waals surface area contributed by atoms with Gasteiger partial charge in [0.1, 0.15) is 20.4 Å². The molecule has 0 spiro atoms. The summed E-state index contributed by atoms with van der Waals surface area (Å²) in [4.78, 5) is 0. The van der Waals surface area contributed by atoms with E-state index in [4.69, 9.17) is 14.2 Å². The molecule has 0 aliphatic carbocycles. The number of hydrogen-bond acceptors (Lipinski definition) is 3. The van der Waals surface area contributed by atoms with Gasteiger partial charge in [-0.25, -0.2) is 0 Å². The van der Waals surface area contributed by atoms with E-state index < -0.39 is 8.07 Å². The Hall–Kier alpha value is -1.28. The average Bonchev–Trinajstić information content (AvgIpc) is 2.44. The van der Waals surface area contributed by atoms with Crippen molar-refractivity contribution >= 4 is 8.07 Å². The molecule has 3 nitrogen and oxygen atoms in total. The van der Waals surface area contributed by atoms with Crippen molar-refractivity contribution in [2.75, 3.05) is 33.0 Å². The Morgan fingerprint density at radius 2 is 1.52 bits per heavy atom. The second-order valence-electron chi connectivity index (χ2n) is 5.68. The van der Waals surface area contributed by atoms with Gasteiger partial charge >= 0.3 is 0 Å². The summed E-state index contributed by atoms with van der Waals surface area (Å²) in [5.74, 6) is 4.07. The van der Waals surface area contributed by atoms with E-state index >= 15 is 0 Å². The van der Waals surface area contributed by atoms with Crippen LogP contribution in [-0.4, -0.2) is 41.1 Å². The summed E-state index contributed by atoms with van der Waals surface area (Å²) < 4.78 is 16.2. The van der Waals surface area contributed by atoms with Crippen LogP contribution in [0.15, 0.2) is 24.3 Å². The van der Waals surface area contributed by atoms with Crippen LogP contribution >= 0.6 is 0 Å². The fourth-order valence-electron chi connectivity index (χ4n) is 1.48. The Labute approximate surface area is 129 Å². The topological polar surface area (TPSA) is 27.7 Å². The summed E-state index contributed by atoms with van der Waals surface area (Å²) >= 11 is 0. The third-order valence-electron chi connectivity index (χ3n) is 2.51. The second-order valence-corrected chi connectivity index (χ2v) is 10.4. The van der Waals surface area contributed by atoms with E-state index in [-0.39, 0.29) is 0 Å². The van der Waals surface area contributed by atoms with E-state index in [2.05, 4.69) is 31.1 Å². The lowest BCUT2D eigenvalue weighted by Crippen LogP contribution is -2.16. The van der Waals surface area contributed by atoms with Crippen LogP contribution in [0.5, 0.6) is 5.75 Å². The van der Waals surface area contributed by atoms with Crippen LogP contribution in [0.4, 0.5) is 0 Å². The van der Waals surface area contributed by atoms with Crippen LogP contribution < -0.4 is 4.74 Å². The van der Waals surface area contributed by atoms with Crippen LogP contribution in [0, 0.1) is 11.5 Å². The highest BCUT2D eigenvalue weighted by atomic mass is 28.3. The highest BCUT2D eigenvalue weighted by Gasteiger charge is 2.07. The molecule has 0 heterocycles. The highest BCUT2D eigenvalue weighted by Crippen LogP contribution is 2.11. The first-order valence-corrected chi connectivity index (χ1v) is 10.9. The maximum atomic E-state index is 5.61. The molecule has 0 N–H and O–H groups in total. The first-order chi connectivity index (χ1) is 10.0. The minimum absolute atomic E-state index is 0.548. The monoisotopic (exact) mass is 306 g/mol. The summed E-state index contributed by atoms with van der Waals surface area (Å²) in [7, 11) is -1.31. The van der Waals surface area contributed by atoms with Crippen LogP contribution in [0.1, 0.15) is 12.5 Å². The highest BCUT2D eigenvalue weighted by molar-refractivity contribution is 6.83. The summed E-state index contributed by atoms with van der Waals surface area (Å²) in [6.07, 6.45) is 0. The molecule has 0 radical (unpaired) electrons. The molecule has 1 aromatic carbocycles. The van der Waals surface area contributed by atoms with Gasteiger partial charge in [-0.05, 0) is 31.2 Å². The van der Waals surface area contributed by atoms with Gasteiger partial charge in [0, 0.05) is 12.2 Å². The predicted molar refractivity (Wildman–Crippen MR) is 89.5 cm³/mol. The fourth-order valence-corrected chi connectivity index (χ4v) is 2.00. The van der Waals surface area contributed by atoms with Crippen molar-refractivity contribution in [2.24, 2.45) is 0 Å². The first kappa shape index (κ1) is 17.8. The lowest BCUT2D eigenvalue weighted by molar-refractivity contribution is 0.0405. The predicted octanol–water partition coefficient (Wildman–Crippen LogP) is 3.35. The van der Waals surface area contributed by atoms with Crippen molar-refractivity contribution in [1.29, 1.82) is 0 Å². The molecule has 0 saturated carbocycles. The molecular formula is C17H26O3Si. The summed E-state index contributed by atoms with van der Waals surface area (Å²) in [5.41, 5.74) is 4.39. The molecule has 0 unspecified atom stereocenters. The first-order valence-electron chi connectivity index (χ1n) is 7.43. The molecular weight excluding hydrogens is 280 g/mol. The lowest BCUT2D eigenvalue weighted by atomic mass is 10.2. The minimum Gasteiger partial charge on any atom is -0.491 e. The van der Waals surface area contributed by atoms with Crippen molar-refractivity contribution in [3.8, 4) is 17.2 Å². The van der Waals surface area contributed by atoms with Gasteiger partial charge in [0.05, 0.1) is 19.8 Å². The SMILES string of the molecule is CCOCCOCCOc1ccc(C#C[Si](C)(C)C)cc1. The Kier molecular flexibility index (Phi) is 8.14. The zero-order chi connectivity index (χ0) is 15.6. The van der Waals surface area contributed by atoms with E-state index in [1.165, 1.54) is 0 Å². The summed E-state index contributed by atoms with van der Waals surface area (Å²) in [6, 6.07) is 7.90. The number of benzene rings is 1. The van der Waals surface area contributed by atoms with E-state index in [9.17, 15) is 0 Å². The molecule has 116 valence electrons. The minimum atomic E-state index is -1.31. The van der Waals surface area contributed by atoms with E-state index in [1.54, 1.807) is 0 Å². The molecule has 0 atom stereocenters. The van der Waals surface area contributed by atoms with Crippen molar-refractivity contribution in [1.82, 2.24) is 0 Å². The van der Waals surface area contributed by atoms with Gasteiger partial charge < -0.3 is 14.2 Å². The molecule has 0 saturated heterocycles. The van der Waals surface area contributed by atoms with Gasteiger partial charge in [0.2, 0.25) is 0 Å². The van der Waals surface area contributed by atoms with E-state index in [1.807, 2.05) is 31.2 Å². The third-order valence-corrected chi connectivity index (χ3v) is 3.38. The van der Waals surface area contributed by atoms with Crippen LogP contribution in [-0.2, 0) is 9.47 Å². The number of rotatable bonds is 8. The Morgan fingerprint density at radius 1 is 0.905 bits per heavy atom. The zero-order valence-electron chi connectivity index (χ0n) is 13.6. The molecule has 21 heavy (non-hydrogen) atoms. The Bertz CT molecular complexity index is 452. The van der Waals surface area contributed by atoms with Crippen molar-refractivity contribution < 1.29 is 14.2 Å². The molecule has 0 aromatic heterocycles. The Balaban J connectivity index is 2.26. The van der Waals surface area contributed by atoms with Crippen molar-refractivity contribution in [3.63, 3.8) is 0 Å². The van der Waals surface area contributed by atoms with Crippen molar-refractivity contribution in [2.45, 2.75) is 26.6 Å². The van der Waals surface area contributed by atoms with Gasteiger partial charge in [-0.1, -0.05) is 25.6 Å². The van der Waals surface area contributed by atoms with Gasteiger partial charge in [-0.2, -0.15) is 0 Å². The van der Waals surface area contributed by atoms with Gasteiger partial charge in [0.25, 0.3) is 0 Å². The van der Waals surface area contributed by atoms with E-state index in [0.717, 1.165) is 17.9 Å². The summed E-state index contributed by atoms with van der Waals surface area (Å²) in [6.45, 7) is 11.8. The lowest BCUT2D eigenvalue weighted by Gasteiger charge is -2.07. The summed E-state index contributed by atoms with van der Waals surface area (Å²) in [5, 5.41) is 0. The zero-order valence-corrected chi connectivity index (χ0v) is 14.6. The second kappa shape index (κ2) is 9.62. The normalized spacial score (nSPS) is 10.9. The van der Waals surface area contributed by atoms with Crippen LogP contribution in [0.3, 0.4) is 0 Å². The number of hydrogen-bond donors (Lipinski definition) is 0. The van der Waals surface area contributed by atoms with Crippen LogP contribution in [0.25, 0.3) is 0 Å². The molecule has 0 amide bonds. The standard InChI is InChI=1S/C17H26O3Si/c1-5-18-11-12-19-13-14-20-17-8-6-16(7-9-17)10-15-21(2,3)4/h6-9H,5,11-14H2,1-4H3. The molecule has 0 aliphatic rings. The van der Waals surface area contributed by atoms with Gasteiger partial charge in [-0.15, -0.1) is 5.54 Å². The quantitative estimate of drug-likeness (QED) is 0.419. The molecule has 1 aromatic rings. The van der Waals surface area contributed by atoms with Crippen molar-refractivity contribution in [3.05, 3.63) is 29.8 Å². The number of ether oxygens (including phenoxy) is 3. The smallest absolute Gasteiger partial charge is 0.129 e. The largest absolute Gasteiger partial charge is 0.491 e. The molecule has 0 aliphatic heterocycles. The molecule has 1 rings (SSSR count). The van der Waals surface area contributed by atoms with Gasteiger partial charge in [0.15, 0.2) is 0 Å². The fraction of sp³-hybridized carbons (Fsp3) is 0.529. The third kappa shape index (κ3) is 9.30.